The van der Waals surface area contributed by atoms with Crippen molar-refractivity contribution in [1.82, 2.24) is 0 Å². The van der Waals surface area contributed by atoms with Gasteiger partial charge in [-0.05, 0) is 31.0 Å². The zero-order valence-electron chi connectivity index (χ0n) is 10.1. The first-order chi connectivity index (χ1) is 8.74. The highest BCUT2D eigenvalue weighted by atomic mass is 19.1. The zero-order valence-corrected chi connectivity index (χ0v) is 10.1. The number of fused-ring (bicyclic) bond motifs is 1. The summed E-state index contributed by atoms with van der Waals surface area (Å²) in [5.74, 6) is 0.708. The van der Waals surface area contributed by atoms with Gasteiger partial charge in [0, 0.05) is 31.1 Å². The van der Waals surface area contributed by atoms with Crippen molar-refractivity contribution in [2.24, 2.45) is 5.92 Å². The maximum Gasteiger partial charge on any atom is 0.125 e. The molecule has 1 N–H and O–H groups in total. The molecule has 1 saturated heterocycles. The van der Waals surface area contributed by atoms with Gasteiger partial charge in [0.1, 0.15) is 17.7 Å². The summed E-state index contributed by atoms with van der Waals surface area (Å²) in [6.07, 6.45) is 1.86. The Morgan fingerprint density at radius 1 is 1.22 bits per heavy atom. The van der Waals surface area contributed by atoms with Gasteiger partial charge in [-0.15, -0.1) is 0 Å². The fourth-order valence-corrected chi connectivity index (χ4v) is 2.82. The molecule has 1 unspecified atom stereocenters. The fraction of sp³-hybridized carbons (Fsp3) is 0.571. The Balaban J connectivity index is 1.80. The molecule has 1 aromatic carbocycles. The lowest BCUT2D eigenvalue weighted by Gasteiger charge is -2.36. The second-order valence-electron chi connectivity index (χ2n) is 5.04. The van der Waals surface area contributed by atoms with Gasteiger partial charge in [0.15, 0.2) is 0 Å². The molecule has 2 aliphatic heterocycles. The van der Waals surface area contributed by atoms with Crippen molar-refractivity contribution in [1.29, 1.82) is 0 Å². The summed E-state index contributed by atoms with van der Waals surface area (Å²) in [5, 5.41) is 10.1. The van der Waals surface area contributed by atoms with Crippen LogP contribution in [0, 0.1) is 11.7 Å². The molecule has 2 atom stereocenters. The molecule has 3 rings (SSSR count). The minimum atomic E-state index is -0.628. The number of hydrogen-bond acceptors (Lipinski definition) is 3. The Bertz CT molecular complexity index is 429. The highest BCUT2D eigenvalue weighted by Gasteiger charge is 2.33. The fourth-order valence-electron chi connectivity index (χ4n) is 2.82. The summed E-state index contributed by atoms with van der Waals surface area (Å²) in [4.78, 5) is 0. The van der Waals surface area contributed by atoms with Crippen molar-refractivity contribution < 1.29 is 19.0 Å². The molecule has 2 aliphatic rings. The summed E-state index contributed by atoms with van der Waals surface area (Å²) in [6, 6.07) is 4.34. The molecule has 1 aromatic rings. The standard InChI is InChI=1S/C14H17FO3/c15-10-1-2-13-11(7-10)12(16)8-14(18-13)9-3-5-17-6-4-9/h1-2,7,9,12,14,16H,3-6,8H2/t12-,14?/m0/s1. The molecule has 0 spiro atoms. The van der Waals surface area contributed by atoms with Crippen LogP contribution in [-0.4, -0.2) is 24.4 Å². The van der Waals surface area contributed by atoms with Crippen LogP contribution in [0.15, 0.2) is 18.2 Å². The van der Waals surface area contributed by atoms with Crippen LogP contribution in [-0.2, 0) is 4.74 Å². The van der Waals surface area contributed by atoms with Crippen LogP contribution in [0.25, 0.3) is 0 Å². The molecule has 3 nitrogen and oxygen atoms in total. The number of ether oxygens (including phenoxy) is 2. The van der Waals surface area contributed by atoms with Gasteiger partial charge in [-0.2, -0.15) is 0 Å². The van der Waals surface area contributed by atoms with Crippen molar-refractivity contribution in [3.05, 3.63) is 29.6 Å². The molecule has 0 radical (unpaired) electrons. The predicted octanol–water partition coefficient (Wildman–Crippen LogP) is 2.44. The SMILES string of the molecule is O[C@H]1CC(C2CCOCC2)Oc2ccc(F)cc21. The van der Waals surface area contributed by atoms with Gasteiger partial charge in [-0.25, -0.2) is 4.39 Å². The second-order valence-corrected chi connectivity index (χ2v) is 5.04. The number of hydrogen-bond donors (Lipinski definition) is 1. The van der Waals surface area contributed by atoms with E-state index in [1.807, 2.05) is 0 Å². The summed E-state index contributed by atoms with van der Waals surface area (Å²) >= 11 is 0. The van der Waals surface area contributed by atoms with Crippen LogP contribution in [0.5, 0.6) is 5.75 Å². The summed E-state index contributed by atoms with van der Waals surface area (Å²) < 4.78 is 24.4. The molecule has 98 valence electrons. The number of halogens is 1. The zero-order chi connectivity index (χ0) is 12.5. The monoisotopic (exact) mass is 252 g/mol. The van der Waals surface area contributed by atoms with E-state index in [1.54, 1.807) is 6.07 Å². The van der Waals surface area contributed by atoms with Crippen LogP contribution in [0.3, 0.4) is 0 Å². The lowest BCUT2D eigenvalue weighted by Crippen LogP contribution is -2.36. The average Bonchev–Trinajstić information content (AvgIpc) is 2.40. The predicted molar refractivity (Wildman–Crippen MR) is 63.9 cm³/mol. The molecule has 0 aliphatic carbocycles. The maximum absolute atomic E-state index is 13.1. The summed E-state index contributed by atoms with van der Waals surface area (Å²) in [7, 11) is 0. The summed E-state index contributed by atoms with van der Waals surface area (Å²) in [5.41, 5.74) is 0.568. The molecule has 18 heavy (non-hydrogen) atoms. The molecule has 2 heterocycles. The van der Waals surface area contributed by atoms with Gasteiger partial charge in [-0.1, -0.05) is 0 Å². The second kappa shape index (κ2) is 4.86. The first-order valence-electron chi connectivity index (χ1n) is 6.46. The third kappa shape index (κ3) is 2.22. The van der Waals surface area contributed by atoms with Crippen LogP contribution in [0.4, 0.5) is 4.39 Å². The van der Waals surface area contributed by atoms with E-state index in [2.05, 4.69) is 0 Å². The topological polar surface area (TPSA) is 38.7 Å². The highest BCUT2D eigenvalue weighted by molar-refractivity contribution is 5.37. The van der Waals surface area contributed by atoms with Gasteiger partial charge in [-0.3, -0.25) is 0 Å². The molecular formula is C14H17FO3. The van der Waals surface area contributed by atoms with Gasteiger partial charge in [0.25, 0.3) is 0 Å². The number of aliphatic hydroxyl groups is 1. The third-order valence-corrected chi connectivity index (χ3v) is 3.86. The van der Waals surface area contributed by atoms with E-state index in [4.69, 9.17) is 9.47 Å². The Morgan fingerprint density at radius 2 is 2.00 bits per heavy atom. The Morgan fingerprint density at radius 3 is 2.78 bits per heavy atom. The summed E-state index contributed by atoms with van der Waals surface area (Å²) in [6.45, 7) is 1.52. The lowest BCUT2D eigenvalue weighted by molar-refractivity contribution is -0.0151. The number of benzene rings is 1. The van der Waals surface area contributed by atoms with Gasteiger partial charge in [0.2, 0.25) is 0 Å². The minimum absolute atomic E-state index is 0.0156. The van der Waals surface area contributed by atoms with Crippen LogP contribution >= 0.6 is 0 Å². The number of rotatable bonds is 1. The van der Waals surface area contributed by atoms with Crippen molar-refractivity contribution in [3.63, 3.8) is 0 Å². The van der Waals surface area contributed by atoms with Crippen LogP contribution < -0.4 is 4.74 Å². The quantitative estimate of drug-likeness (QED) is 0.834. The molecule has 4 heteroatoms. The molecule has 0 saturated carbocycles. The molecule has 0 bridgehead atoms. The van der Waals surface area contributed by atoms with Gasteiger partial charge < -0.3 is 14.6 Å². The van der Waals surface area contributed by atoms with E-state index >= 15 is 0 Å². The Hall–Kier alpha value is -1.13. The molecule has 0 amide bonds. The molecular weight excluding hydrogens is 235 g/mol. The van der Waals surface area contributed by atoms with E-state index in [9.17, 15) is 9.50 Å². The van der Waals surface area contributed by atoms with E-state index < -0.39 is 6.10 Å². The molecule has 1 fully saturated rings. The van der Waals surface area contributed by atoms with E-state index in [0.717, 1.165) is 26.1 Å². The minimum Gasteiger partial charge on any atom is -0.490 e. The van der Waals surface area contributed by atoms with E-state index in [0.29, 0.717) is 23.7 Å². The Kier molecular flexibility index (Phi) is 3.22. The highest BCUT2D eigenvalue weighted by Crippen LogP contribution is 2.39. The lowest BCUT2D eigenvalue weighted by atomic mass is 9.87. The average molecular weight is 252 g/mol. The smallest absolute Gasteiger partial charge is 0.125 e. The van der Waals surface area contributed by atoms with Crippen LogP contribution in [0.1, 0.15) is 30.9 Å². The Labute approximate surface area is 106 Å². The normalized spacial score (nSPS) is 28.6. The van der Waals surface area contributed by atoms with Gasteiger partial charge in [0.05, 0.1) is 6.10 Å². The maximum atomic E-state index is 13.1. The molecule has 0 aromatic heterocycles. The van der Waals surface area contributed by atoms with Crippen molar-refractivity contribution in [2.75, 3.05) is 13.2 Å². The first kappa shape index (κ1) is 11.9. The first-order valence-corrected chi connectivity index (χ1v) is 6.46. The van der Waals surface area contributed by atoms with Crippen molar-refractivity contribution in [2.45, 2.75) is 31.5 Å². The van der Waals surface area contributed by atoms with Crippen LogP contribution in [0.2, 0.25) is 0 Å². The van der Waals surface area contributed by atoms with E-state index in [1.165, 1.54) is 12.1 Å². The largest absolute Gasteiger partial charge is 0.490 e. The number of aliphatic hydroxyl groups excluding tert-OH is 1. The van der Waals surface area contributed by atoms with Crippen molar-refractivity contribution in [3.8, 4) is 5.75 Å². The third-order valence-electron chi connectivity index (χ3n) is 3.86. The van der Waals surface area contributed by atoms with Gasteiger partial charge >= 0.3 is 0 Å². The van der Waals surface area contributed by atoms with Crippen molar-refractivity contribution >= 4 is 0 Å². The van der Waals surface area contributed by atoms with E-state index in [-0.39, 0.29) is 11.9 Å².